The van der Waals surface area contributed by atoms with Gasteiger partial charge in [-0.2, -0.15) is 0 Å². The standard InChI is InChI=1S/C10H14BrClN2O/c1-4-10(5-2,15-3)9-13-6-7(11)8(12)14-9/h6H,4-5H2,1-3H3. The Morgan fingerprint density at radius 2 is 2.07 bits per heavy atom. The van der Waals surface area contributed by atoms with Gasteiger partial charge in [0.15, 0.2) is 5.82 Å². The van der Waals surface area contributed by atoms with Crippen molar-refractivity contribution < 1.29 is 4.74 Å². The average molecular weight is 294 g/mol. The molecule has 0 unspecified atom stereocenters. The Balaban J connectivity index is 3.17. The molecule has 0 aliphatic heterocycles. The first-order valence-electron chi connectivity index (χ1n) is 4.83. The third kappa shape index (κ3) is 2.49. The molecule has 0 aliphatic carbocycles. The lowest BCUT2D eigenvalue weighted by Crippen LogP contribution is -2.29. The molecule has 0 bridgehead atoms. The van der Waals surface area contributed by atoms with Gasteiger partial charge in [0.2, 0.25) is 0 Å². The van der Waals surface area contributed by atoms with Crippen LogP contribution in [0.4, 0.5) is 0 Å². The summed E-state index contributed by atoms with van der Waals surface area (Å²) in [7, 11) is 1.67. The lowest BCUT2D eigenvalue weighted by Gasteiger charge is -2.28. The summed E-state index contributed by atoms with van der Waals surface area (Å²) < 4.78 is 6.22. The highest BCUT2D eigenvalue weighted by molar-refractivity contribution is 9.10. The smallest absolute Gasteiger partial charge is 0.161 e. The molecule has 0 aliphatic rings. The second-order valence-corrected chi connectivity index (χ2v) is 4.45. The van der Waals surface area contributed by atoms with Gasteiger partial charge >= 0.3 is 0 Å². The number of hydrogen-bond acceptors (Lipinski definition) is 3. The van der Waals surface area contributed by atoms with E-state index < -0.39 is 5.60 Å². The molecular formula is C10H14BrClN2O. The molecule has 0 aromatic carbocycles. The van der Waals surface area contributed by atoms with Crippen LogP contribution in [0, 0.1) is 0 Å². The zero-order valence-electron chi connectivity index (χ0n) is 9.05. The Labute approximate surface area is 103 Å². The summed E-state index contributed by atoms with van der Waals surface area (Å²) in [6, 6.07) is 0. The van der Waals surface area contributed by atoms with Crippen LogP contribution in [0.15, 0.2) is 10.7 Å². The monoisotopic (exact) mass is 292 g/mol. The fourth-order valence-corrected chi connectivity index (χ4v) is 1.83. The van der Waals surface area contributed by atoms with E-state index in [1.807, 2.05) is 13.8 Å². The summed E-state index contributed by atoms with van der Waals surface area (Å²) in [5, 5.41) is 0.420. The SMILES string of the molecule is CCC(CC)(OC)c1ncc(Br)c(Cl)n1. The van der Waals surface area contributed by atoms with E-state index in [9.17, 15) is 0 Å². The Bertz CT molecular complexity index is 334. The van der Waals surface area contributed by atoms with E-state index in [0.717, 1.165) is 12.8 Å². The van der Waals surface area contributed by atoms with Gasteiger partial charge in [0.05, 0.1) is 4.47 Å². The van der Waals surface area contributed by atoms with Crippen LogP contribution < -0.4 is 0 Å². The molecule has 0 saturated heterocycles. The second-order valence-electron chi connectivity index (χ2n) is 3.24. The fraction of sp³-hybridized carbons (Fsp3) is 0.600. The summed E-state index contributed by atoms with van der Waals surface area (Å²) in [5.74, 6) is 0.642. The van der Waals surface area contributed by atoms with Gasteiger partial charge in [0.25, 0.3) is 0 Å². The molecule has 84 valence electrons. The Morgan fingerprint density at radius 1 is 1.47 bits per heavy atom. The van der Waals surface area contributed by atoms with Crippen LogP contribution in [0.2, 0.25) is 5.15 Å². The third-order valence-corrected chi connectivity index (χ3v) is 3.74. The number of rotatable bonds is 4. The number of halogens is 2. The highest BCUT2D eigenvalue weighted by Gasteiger charge is 2.31. The molecule has 5 heteroatoms. The van der Waals surface area contributed by atoms with Crippen LogP contribution in [0.1, 0.15) is 32.5 Å². The van der Waals surface area contributed by atoms with Gasteiger partial charge in [-0.05, 0) is 28.8 Å². The molecule has 1 rings (SSSR count). The van der Waals surface area contributed by atoms with Crippen LogP contribution in [-0.4, -0.2) is 17.1 Å². The van der Waals surface area contributed by atoms with Crippen LogP contribution in [0.5, 0.6) is 0 Å². The minimum Gasteiger partial charge on any atom is -0.370 e. The summed E-state index contributed by atoms with van der Waals surface area (Å²) >= 11 is 9.20. The van der Waals surface area contributed by atoms with Gasteiger partial charge < -0.3 is 4.74 Å². The molecular weight excluding hydrogens is 279 g/mol. The molecule has 0 fully saturated rings. The van der Waals surface area contributed by atoms with Gasteiger partial charge in [-0.25, -0.2) is 9.97 Å². The van der Waals surface area contributed by atoms with Gasteiger partial charge in [-0.3, -0.25) is 0 Å². The summed E-state index contributed by atoms with van der Waals surface area (Å²) in [4.78, 5) is 8.50. The van der Waals surface area contributed by atoms with Crippen molar-refractivity contribution >= 4 is 27.5 Å². The number of hydrogen-bond donors (Lipinski definition) is 0. The molecule has 0 amide bonds. The summed E-state index contributed by atoms with van der Waals surface area (Å²) in [6.45, 7) is 4.10. The molecule has 15 heavy (non-hydrogen) atoms. The largest absolute Gasteiger partial charge is 0.370 e. The van der Waals surface area contributed by atoms with E-state index in [4.69, 9.17) is 16.3 Å². The fourth-order valence-electron chi connectivity index (χ4n) is 1.51. The van der Waals surface area contributed by atoms with Crippen molar-refractivity contribution in [1.82, 2.24) is 9.97 Å². The van der Waals surface area contributed by atoms with Gasteiger partial charge in [0.1, 0.15) is 10.8 Å². The molecule has 1 aromatic rings. The number of aromatic nitrogens is 2. The van der Waals surface area contributed by atoms with Crippen LogP contribution in [-0.2, 0) is 10.3 Å². The van der Waals surface area contributed by atoms with Crippen molar-refractivity contribution in [3.63, 3.8) is 0 Å². The zero-order valence-corrected chi connectivity index (χ0v) is 11.4. The van der Waals surface area contributed by atoms with Crippen molar-refractivity contribution in [2.45, 2.75) is 32.3 Å². The maximum atomic E-state index is 5.94. The first kappa shape index (κ1) is 12.9. The quantitative estimate of drug-likeness (QED) is 0.796. The normalized spacial score (nSPS) is 11.8. The summed E-state index contributed by atoms with van der Waals surface area (Å²) in [5.41, 5.74) is -0.426. The second kappa shape index (κ2) is 5.23. The maximum absolute atomic E-state index is 5.94. The molecule has 0 N–H and O–H groups in total. The minimum atomic E-state index is -0.426. The Kier molecular flexibility index (Phi) is 4.49. The predicted octanol–water partition coefficient (Wildman–Crippen LogP) is 3.55. The van der Waals surface area contributed by atoms with E-state index >= 15 is 0 Å². The Morgan fingerprint density at radius 3 is 2.47 bits per heavy atom. The van der Waals surface area contributed by atoms with E-state index in [2.05, 4.69) is 25.9 Å². The van der Waals surface area contributed by atoms with Crippen molar-refractivity contribution in [2.75, 3.05) is 7.11 Å². The van der Waals surface area contributed by atoms with Gasteiger partial charge in [0, 0.05) is 13.3 Å². The molecule has 3 nitrogen and oxygen atoms in total. The van der Waals surface area contributed by atoms with Crippen LogP contribution in [0.3, 0.4) is 0 Å². The van der Waals surface area contributed by atoms with E-state index in [1.165, 1.54) is 0 Å². The van der Waals surface area contributed by atoms with E-state index in [0.29, 0.717) is 15.5 Å². The molecule has 0 radical (unpaired) electrons. The number of methoxy groups -OCH3 is 1. The van der Waals surface area contributed by atoms with E-state index in [1.54, 1.807) is 13.3 Å². The lowest BCUT2D eigenvalue weighted by atomic mass is 9.96. The number of nitrogens with zero attached hydrogens (tertiary/aromatic N) is 2. The van der Waals surface area contributed by atoms with Crippen molar-refractivity contribution in [3.8, 4) is 0 Å². The maximum Gasteiger partial charge on any atom is 0.161 e. The predicted molar refractivity (Wildman–Crippen MR) is 64.0 cm³/mol. The lowest BCUT2D eigenvalue weighted by molar-refractivity contribution is -0.0291. The topological polar surface area (TPSA) is 35.0 Å². The van der Waals surface area contributed by atoms with Gasteiger partial charge in [-0.1, -0.05) is 25.4 Å². The third-order valence-electron chi connectivity index (χ3n) is 2.64. The first-order chi connectivity index (χ1) is 7.09. The van der Waals surface area contributed by atoms with Crippen molar-refractivity contribution in [1.29, 1.82) is 0 Å². The average Bonchev–Trinajstić information content (AvgIpc) is 2.26. The van der Waals surface area contributed by atoms with Crippen molar-refractivity contribution in [3.05, 3.63) is 21.6 Å². The van der Waals surface area contributed by atoms with Gasteiger partial charge in [-0.15, -0.1) is 0 Å². The minimum absolute atomic E-state index is 0.420. The molecule has 0 atom stereocenters. The first-order valence-corrected chi connectivity index (χ1v) is 6.00. The van der Waals surface area contributed by atoms with E-state index in [-0.39, 0.29) is 0 Å². The van der Waals surface area contributed by atoms with Crippen LogP contribution >= 0.6 is 27.5 Å². The zero-order chi connectivity index (χ0) is 11.5. The molecule has 1 heterocycles. The Hall–Kier alpha value is -0.190. The van der Waals surface area contributed by atoms with Crippen LogP contribution in [0.25, 0.3) is 0 Å². The highest BCUT2D eigenvalue weighted by atomic mass is 79.9. The molecule has 0 saturated carbocycles. The molecule has 0 spiro atoms. The highest BCUT2D eigenvalue weighted by Crippen LogP contribution is 2.31. The number of ether oxygens (including phenoxy) is 1. The molecule has 1 aromatic heterocycles. The van der Waals surface area contributed by atoms with Crippen molar-refractivity contribution in [2.24, 2.45) is 0 Å². The summed E-state index contributed by atoms with van der Waals surface area (Å²) in [6.07, 6.45) is 3.29.